The summed E-state index contributed by atoms with van der Waals surface area (Å²) in [4.78, 5) is 10.9. The van der Waals surface area contributed by atoms with Crippen molar-refractivity contribution in [2.45, 2.75) is 37.8 Å². The number of rotatable bonds is 8. The van der Waals surface area contributed by atoms with Gasteiger partial charge in [0.15, 0.2) is 0 Å². The first kappa shape index (κ1) is 21.7. The van der Waals surface area contributed by atoms with Gasteiger partial charge in [-0.05, 0) is 49.1 Å². The quantitative estimate of drug-likeness (QED) is 0.421. The molecule has 0 bridgehead atoms. The lowest BCUT2D eigenvalue weighted by molar-refractivity contribution is 0.0754. The third kappa shape index (κ3) is 4.26. The maximum Gasteiger partial charge on any atom is 0.409 e. The lowest BCUT2D eigenvalue weighted by Gasteiger charge is -2.30. The highest BCUT2D eigenvalue weighted by atomic mass is 16.5. The van der Waals surface area contributed by atoms with Gasteiger partial charge >= 0.3 is 6.09 Å². The van der Waals surface area contributed by atoms with E-state index < -0.39 is 12.2 Å². The van der Waals surface area contributed by atoms with Gasteiger partial charge in [-0.25, -0.2) is 4.79 Å². The zero-order valence-electron chi connectivity index (χ0n) is 17.5. The number of amides is 1. The molecular weight excluding hydrogens is 410 g/mol. The molecule has 1 atom stereocenters. The number of hydrogen-bond acceptors (Lipinski definition) is 5. The number of anilines is 1. The van der Waals surface area contributed by atoms with Crippen LogP contribution in [0.1, 0.15) is 37.3 Å². The van der Waals surface area contributed by atoms with E-state index in [0.29, 0.717) is 23.4 Å². The van der Waals surface area contributed by atoms with Crippen LogP contribution >= 0.6 is 0 Å². The average Bonchev–Trinajstić information content (AvgIpc) is 3.06. The number of carbonyl (C=O) groups is 1. The van der Waals surface area contributed by atoms with Gasteiger partial charge in [0.2, 0.25) is 0 Å². The number of aromatic nitrogens is 1. The maximum absolute atomic E-state index is 10.9. The van der Waals surface area contributed by atoms with Crippen LogP contribution in [0.5, 0.6) is 5.75 Å². The van der Waals surface area contributed by atoms with Crippen molar-refractivity contribution in [3.63, 3.8) is 0 Å². The molecule has 4 rings (SSSR count). The molecule has 1 saturated carbocycles. The summed E-state index contributed by atoms with van der Waals surface area (Å²) in [6, 6.07) is 15.3. The first-order valence-electron chi connectivity index (χ1n) is 10.6. The van der Waals surface area contributed by atoms with Crippen molar-refractivity contribution < 1.29 is 24.9 Å². The Morgan fingerprint density at radius 2 is 2.00 bits per heavy atom. The van der Waals surface area contributed by atoms with Crippen molar-refractivity contribution >= 4 is 22.7 Å². The zero-order valence-corrected chi connectivity index (χ0v) is 17.5. The second-order valence-electron chi connectivity index (χ2n) is 7.95. The van der Waals surface area contributed by atoms with E-state index in [1.165, 1.54) is 0 Å². The molecule has 8 heteroatoms. The Morgan fingerprint density at radius 1 is 1.25 bits per heavy atom. The van der Waals surface area contributed by atoms with Crippen molar-refractivity contribution in [2.75, 3.05) is 18.5 Å². The highest BCUT2D eigenvalue weighted by Crippen LogP contribution is 2.43. The molecular formula is C24H25N3O5. The largest absolute Gasteiger partial charge is 0.493 e. The molecule has 166 valence electrons. The van der Waals surface area contributed by atoms with Crippen molar-refractivity contribution in [3.05, 3.63) is 48.0 Å². The van der Waals surface area contributed by atoms with Gasteiger partial charge in [-0.15, -0.1) is 0 Å². The van der Waals surface area contributed by atoms with E-state index in [-0.39, 0.29) is 19.3 Å². The molecule has 1 fully saturated rings. The molecule has 1 unspecified atom stereocenters. The summed E-state index contributed by atoms with van der Waals surface area (Å²) in [5, 5.41) is 40.6. The standard InChI is InChI=1S/C24H25N3O5/c25-13-21-20-9-8-19(32-11-10-18(29)14-28)12-22(20)27(17-2-1-3-17)23(21)15-4-6-16(7-5-15)26-24(30)31/h4-9,12,17-18,26,28-29H,1-3,10-11,14H2,(H,30,31). The third-order valence-corrected chi connectivity index (χ3v) is 5.87. The Morgan fingerprint density at radius 3 is 2.59 bits per heavy atom. The number of hydrogen-bond donors (Lipinski definition) is 4. The smallest absolute Gasteiger partial charge is 0.409 e. The molecule has 8 nitrogen and oxygen atoms in total. The monoisotopic (exact) mass is 435 g/mol. The number of benzene rings is 2. The minimum atomic E-state index is -1.13. The number of carboxylic acid groups (broad SMARTS) is 1. The Hall–Kier alpha value is -3.54. The first-order valence-corrected chi connectivity index (χ1v) is 10.6. The Bertz CT molecular complexity index is 1160. The van der Waals surface area contributed by atoms with Crippen molar-refractivity contribution in [1.82, 2.24) is 4.57 Å². The van der Waals surface area contributed by atoms with E-state index in [2.05, 4.69) is 16.0 Å². The van der Waals surface area contributed by atoms with Crippen LogP contribution in [0.4, 0.5) is 10.5 Å². The van der Waals surface area contributed by atoms with Crippen LogP contribution in [0, 0.1) is 11.3 Å². The number of aliphatic hydroxyl groups is 2. The normalized spacial score (nSPS) is 14.5. The third-order valence-electron chi connectivity index (χ3n) is 5.87. The lowest BCUT2D eigenvalue weighted by atomic mass is 9.92. The van der Waals surface area contributed by atoms with Crippen molar-refractivity contribution in [1.29, 1.82) is 5.26 Å². The van der Waals surface area contributed by atoms with Crippen LogP contribution in [0.2, 0.25) is 0 Å². The minimum Gasteiger partial charge on any atom is -0.493 e. The van der Waals surface area contributed by atoms with Crippen molar-refractivity contribution in [2.24, 2.45) is 0 Å². The van der Waals surface area contributed by atoms with E-state index in [1.54, 1.807) is 12.1 Å². The molecule has 0 spiro atoms. The lowest BCUT2D eigenvalue weighted by Crippen LogP contribution is -2.18. The molecule has 4 N–H and O–H groups in total. The van der Waals surface area contributed by atoms with Crippen LogP contribution in [-0.2, 0) is 0 Å². The van der Waals surface area contributed by atoms with Gasteiger partial charge in [-0.1, -0.05) is 12.1 Å². The van der Waals surface area contributed by atoms with Gasteiger partial charge in [0.05, 0.1) is 36.1 Å². The summed E-state index contributed by atoms with van der Waals surface area (Å²) in [6.07, 6.45) is 1.56. The highest BCUT2D eigenvalue weighted by molar-refractivity contribution is 5.95. The molecule has 1 aromatic heterocycles. The Labute approximate surface area is 185 Å². The predicted octanol–water partition coefficient (Wildman–Crippen LogP) is 4.12. The van der Waals surface area contributed by atoms with Gasteiger partial charge in [0.25, 0.3) is 0 Å². The number of nitrogens with one attached hydrogen (secondary N) is 1. The topological polar surface area (TPSA) is 128 Å². The zero-order chi connectivity index (χ0) is 22.7. The fraction of sp³-hybridized carbons (Fsp3) is 0.333. The van der Waals surface area contributed by atoms with Gasteiger partial charge < -0.3 is 24.6 Å². The number of aliphatic hydroxyl groups excluding tert-OH is 2. The molecule has 2 aromatic carbocycles. The summed E-state index contributed by atoms with van der Waals surface area (Å²) in [5.74, 6) is 0.637. The van der Waals surface area contributed by atoms with Gasteiger partial charge in [0, 0.05) is 29.6 Å². The van der Waals surface area contributed by atoms with Crippen LogP contribution in [-0.4, -0.2) is 45.3 Å². The summed E-state index contributed by atoms with van der Waals surface area (Å²) in [7, 11) is 0. The highest BCUT2D eigenvalue weighted by Gasteiger charge is 2.28. The molecule has 1 amide bonds. The summed E-state index contributed by atoms with van der Waals surface area (Å²) >= 11 is 0. The summed E-state index contributed by atoms with van der Waals surface area (Å²) in [6.45, 7) is -0.0318. The van der Waals surface area contributed by atoms with Gasteiger partial charge in [0.1, 0.15) is 11.8 Å². The second-order valence-corrected chi connectivity index (χ2v) is 7.95. The first-order chi connectivity index (χ1) is 15.5. The molecule has 1 aliphatic carbocycles. The van der Waals surface area contributed by atoms with Crippen LogP contribution in [0.3, 0.4) is 0 Å². The predicted molar refractivity (Wildman–Crippen MR) is 120 cm³/mol. The van der Waals surface area contributed by atoms with E-state index in [4.69, 9.17) is 14.9 Å². The fourth-order valence-corrected chi connectivity index (χ4v) is 4.04. The van der Waals surface area contributed by atoms with E-state index in [0.717, 1.165) is 41.4 Å². The minimum absolute atomic E-state index is 0.271. The van der Waals surface area contributed by atoms with Crippen LogP contribution in [0.25, 0.3) is 22.2 Å². The molecule has 0 radical (unpaired) electrons. The van der Waals surface area contributed by atoms with Gasteiger partial charge in [-0.3, -0.25) is 5.32 Å². The Kier molecular flexibility index (Phi) is 6.30. The Balaban J connectivity index is 1.76. The van der Waals surface area contributed by atoms with Crippen LogP contribution in [0.15, 0.2) is 42.5 Å². The number of nitrogens with zero attached hydrogens (tertiary/aromatic N) is 2. The second kappa shape index (κ2) is 9.30. The average molecular weight is 435 g/mol. The van der Waals surface area contributed by atoms with E-state index in [1.807, 2.05) is 30.3 Å². The maximum atomic E-state index is 10.9. The number of ether oxygens (including phenoxy) is 1. The molecule has 0 aliphatic heterocycles. The molecule has 1 heterocycles. The number of nitriles is 1. The number of fused-ring (bicyclic) bond motifs is 1. The van der Waals surface area contributed by atoms with Gasteiger partial charge in [-0.2, -0.15) is 5.26 Å². The molecule has 0 saturated heterocycles. The molecule has 1 aliphatic rings. The summed E-state index contributed by atoms with van der Waals surface area (Å²) < 4.78 is 7.98. The SMILES string of the molecule is N#Cc1c(-c2ccc(NC(=O)O)cc2)n(C2CCC2)c2cc(OCCC(O)CO)ccc12. The molecule has 32 heavy (non-hydrogen) atoms. The van der Waals surface area contributed by atoms with E-state index in [9.17, 15) is 15.2 Å². The fourth-order valence-electron chi connectivity index (χ4n) is 4.04. The molecule has 3 aromatic rings. The van der Waals surface area contributed by atoms with Crippen LogP contribution < -0.4 is 10.1 Å². The van der Waals surface area contributed by atoms with E-state index >= 15 is 0 Å². The van der Waals surface area contributed by atoms with Crippen molar-refractivity contribution in [3.8, 4) is 23.1 Å². The summed E-state index contributed by atoms with van der Waals surface area (Å²) in [5.41, 5.74) is 3.62.